The Morgan fingerprint density at radius 3 is 2.78 bits per heavy atom. The van der Waals surface area contributed by atoms with Crippen molar-refractivity contribution in [2.24, 2.45) is 0 Å². The lowest BCUT2D eigenvalue weighted by molar-refractivity contribution is 0.301. The number of hydrogen-bond donors (Lipinski definition) is 1. The molecule has 52 valence electrons. The first-order valence-electron chi connectivity index (χ1n) is 2.95. The molecule has 0 aliphatic carbocycles. The summed E-state index contributed by atoms with van der Waals surface area (Å²) in [5.41, 5.74) is 0. The zero-order valence-corrected chi connectivity index (χ0v) is 6.75. The first kappa shape index (κ1) is 7.76. The minimum Gasteiger partial charge on any atom is -0.395 e. The quantitative estimate of drug-likeness (QED) is 0.660. The molecule has 1 fully saturated rings. The minimum atomic E-state index is 0.300. The van der Waals surface area contributed by atoms with Crippen LogP contribution < -0.4 is 0 Å². The van der Waals surface area contributed by atoms with Gasteiger partial charge in [0.2, 0.25) is 0 Å². The van der Waals surface area contributed by atoms with E-state index < -0.39 is 0 Å². The van der Waals surface area contributed by atoms with Crippen LogP contribution in [0, 0.1) is 6.92 Å². The molecular formula is C6H10OS2. The van der Waals surface area contributed by atoms with Crippen LogP contribution >= 0.6 is 23.5 Å². The summed E-state index contributed by atoms with van der Waals surface area (Å²) < 4.78 is 0.530. The highest BCUT2D eigenvalue weighted by molar-refractivity contribution is 8.20. The zero-order valence-electron chi connectivity index (χ0n) is 5.12. The third kappa shape index (κ3) is 2.06. The molecule has 2 radical (unpaired) electrons. The Morgan fingerprint density at radius 2 is 2.44 bits per heavy atom. The van der Waals surface area contributed by atoms with Gasteiger partial charge in [-0.05, 0) is 13.3 Å². The number of aliphatic hydroxyl groups excluding tert-OH is 1. The molecular weight excluding hydrogens is 152 g/mol. The third-order valence-electron chi connectivity index (χ3n) is 1.21. The summed E-state index contributed by atoms with van der Waals surface area (Å²) in [7, 11) is 0. The van der Waals surface area contributed by atoms with Gasteiger partial charge in [-0.1, -0.05) is 0 Å². The summed E-state index contributed by atoms with van der Waals surface area (Å²) in [6.45, 7) is 5.73. The molecule has 2 atom stereocenters. The van der Waals surface area contributed by atoms with E-state index in [4.69, 9.17) is 12.0 Å². The third-order valence-corrected chi connectivity index (χ3v) is 4.52. The van der Waals surface area contributed by atoms with Crippen LogP contribution in [-0.4, -0.2) is 27.3 Å². The smallest absolute Gasteiger partial charge is 0.0558 e. The van der Waals surface area contributed by atoms with Crippen molar-refractivity contribution in [1.29, 1.82) is 0 Å². The van der Waals surface area contributed by atoms with Crippen LogP contribution in [0.15, 0.2) is 0 Å². The van der Waals surface area contributed by atoms with Gasteiger partial charge >= 0.3 is 0 Å². The second kappa shape index (κ2) is 3.74. The Balaban J connectivity index is 2.20. The van der Waals surface area contributed by atoms with Crippen molar-refractivity contribution in [2.45, 2.75) is 16.3 Å². The molecule has 1 aliphatic rings. The fraction of sp³-hybridized carbons (Fsp3) is 0.833. The molecule has 0 aromatic carbocycles. The van der Waals surface area contributed by atoms with Gasteiger partial charge in [-0.3, -0.25) is 0 Å². The molecule has 0 aromatic rings. The largest absolute Gasteiger partial charge is 0.395 e. The Morgan fingerprint density at radius 1 is 1.67 bits per heavy atom. The van der Waals surface area contributed by atoms with Gasteiger partial charge in [0.25, 0.3) is 0 Å². The summed E-state index contributed by atoms with van der Waals surface area (Å²) in [5.74, 6) is 1.06. The van der Waals surface area contributed by atoms with Crippen molar-refractivity contribution < 1.29 is 5.11 Å². The summed E-state index contributed by atoms with van der Waals surface area (Å²) in [5, 5.41) is 9.14. The van der Waals surface area contributed by atoms with E-state index in [2.05, 4.69) is 0 Å². The van der Waals surface area contributed by atoms with E-state index in [1.807, 2.05) is 11.8 Å². The van der Waals surface area contributed by atoms with E-state index in [0.717, 1.165) is 12.2 Å². The molecule has 9 heavy (non-hydrogen) atoms. The molecule has 1 N–H and O–H groups in total. The van der Waals surface area contributed by atoms with E-state index in [0.29, 0.717) is 16.4 Å². The monoisotopic (exact) mass is 162 g/mol. The molecule has 3 heteroatoms. The van der Waals surface area contributed by atoms with Crippen LogP contribution in [0.3, 0.4) is 0 Å². The Kier molecular flexibility index (Phi) is 3.22. The average molecular weight is 162 g/mol. The van der Waals surface area contributed by atoms with Crippen molar-refractivity contribution in [3.8, 4) is 0 Å². The molecule has 1 saturated heterocycles. The van der Waals surface area contributed by atoms with E-state index in [-0.39, 0.29) is 0 Å². The highest BCUT2D eigenvalue weighted by Gasteiger charge is 2.23. The summed E-state index contributed by atoms with van der Waals surface area (Å²) in [6.07, 6.45) is 0.728. The van der Waals surface area contributed by atoms with Crippen molar-refractivity contribution in [2.75, 3.05) is 12.4 Å². The SMILES string of the molecule is [CH]CC1SCC(CO)S1. The highest BCUT2D eigenvalue weighted by atomic mass is 32.2. The topological polar surface area (TPSA) is 20.2 Å². The van der Waals surface area contributed by atoms with E-state index in [1.165, 1.54) is 0 Å². The van der Waals surface area contributed by atoms with Gasteiger partial charge in [-0.2, -0.15) is 0 Å². The van der Waals surface area contributed by atoms with Gasteiger partial charge in [-0.15, -0.1) is 23.5 Å². The number of thioether (sulfide) groups is 2. The van der Waals surface area contributed by atoms with E-state index in [9.17, 15) is 0 Å². The van der Waals surface area contributed by atoms with E-state index >= 15 is 0 Å². The molecule has 0 bridgehead atoms. The first-order valence-corrected chi connectivity index (χ1v) is 4.94. The van der Waals surface area contributed by atoms with Crippen LogP contribution in [0.1, 0.15) is 6.42 Å². The second-order valence-corrected chi connectivity index (χ2v) is 4.98. The molecule has 0 saturated carbocycles. The molecule has 0 amide bonds. The summed E-state index contributed by atoms with van der Waals surface area (Å²) >= 11 is 3.65. The van der Waals surface area contributed by atoms with Gasteiger partial charge in [-0.25, -0.2) is 0 Å². The lowest BCUT2D eigenvalue weighted by atomic mass is 10.5. The Hall–Kier alpha value is 0.660. The minimum absolute atomic E-state index is 0.300. The molecule has 1 nitrogen and oxygen atoms in total. The van der Waals surface area contributed by atoms with Gasteiger partial charge in [0.05, 0.1) is 11.2 Å². The van der Waals surface area contributed by atoms with E-state index in [1.54, 1.807) is 11.8 Å². The van der Waals surface area contributed by atoms with Gasteiger partial charge in [0.15, 0.2) is 0 Å². The molecule has 1 aliphatic heterocycles. The first-order chi connectivity index (χ1) is 4.36. The lowest BCUT2D eigenvalue weighted by Gasteiger charge is -2.03. The van der Waals surface area contributed by atoms with Crippen molar-refractivity contribution in [3.05, 3.63) is 6.92 Å². The van der Waals surface area contributed by atoms with Gasteiger partial charge in [0, 0.05) is 11.0 Å². The molecule has 0 spiro atoms. The van der Waals surface area contributed by atoms with Crippen LogP contribution in [0.25, 0.3) is 0 Å². The van der Waals surface area contributed by atoms with Gasteiger partial charge in [0.1, 0.15) is 0 Å². The fourth-order valence-corrected chi connectivity index (χ4v) is 3.60. The fourth-order valence-electron chi connectivity index (χ4n) is 0.727. The van der Waals surface area contributed by atoms with Crippen LogP contribution in [0.2, 0.25) is 0 Å². The maximum absolute atomic E-state index is 8.70. The normalized spacial score (nSPS) is 35.3. The maximum Gasteiger partial charge on any atom is 0.0558 e. The molecule has 1 heterocycles. The van der Waals surface area contributed by atoms with Crippen LogP contribution in [-0.2, 0) is 0 Å². The average Bonchev–Trinajstić information content (AvgIpc) is 2.34. The summed E-state index contributed by atoms with van der Waals surface area (Å²) in [6, 6.07) is 0. The predicted molar refractivity (Wildman–Crippen MR) is 43.6 cm³/mol. The zero-order chi connectivity index (χ0) is 6.69. The van der Waals surface area contributed by atoms with Crippen molar-refractivity contribution >= 4 is 23.5 Å². The van der Waals surface area contributed by atoms with Crippen LogP contribution in [0.5, 0.6) is 0 Å². The molecule has 2 unspecified atom stereocenters. The van der Waals surface area contributed by atoms with Gasteiger partial charge < -0.3 is 5.11 Å². The lowest BCUT2D eigenvalue weighted by Crippen LogP contribution is -2.06. The van der Waals surface area contributed by atoms with Crippen molar-refractivity contribution in [1.82, 2.24) is 0 Å². The molecule has 1 rings (SSSR count). The van der Waals surface area contributed by atoms with Crippen molar-refractivity contribution in [3.63, 3.8) is 0 Å². The molecule has 0 aromatic heterocycles. The van der Waals surface area contributed by atoms with Crippen LogP contribution in [0.4, 0.5) is 0 Å². The maximum atomic E-state index is 8.70. The number of rotatable bonds is 2. The summed E-state index contributed by atoms with van der Waals surface area (Å²) in [4.78, 5) is 0. The number of aliphatic hydroxyl groups is 1. The Labute approximate surface area is 64.6 Å². The number of hydrogen-bond acceptors (Lipinski definition) is 3. The standard InChI is InChI=1S/C6H10OS2/c1-2-6-8-4-5(3-7)9-6/h1,5-7H,2-4H2. The predicted octanol–water partition coefficient (Wildman–Crippen LogP) is 1.25. The highest BCUT2D eigenvalue weighted by Crippen LogP contribution is 2.38. The Bertz CT molecular complexity index is 77.1. The second-order valence-electron chi connectivity index (χ2n) is 1.94.